The van der Waals surface area contributed by atoms with Crippen molar-refractivity contribution in [2.24, 2.45) is 5.92 Å². The molecule has 4 nitrogen and oxygen atoms in total. The van der Waals surface area contributed by atoms with E-state index in [2.05, 4.69) is 22.0 Å². The molecule has 0 radical (unpaired) electrons. The van der Waals surface area contributed by atoms with Gasteiger partial charge in [-0.3, -0.25) is 4.79 Å². The summed E-state index contributed by atoms with van der Waals surface area (Å²) < 4.78 is 0. The molecule has 2 fully saturated rings. The predicted molar refractivity (Wildman–Crippen MR) is 100 cm³/mol. The van der Waals surface area contributed by atoms with E-state index in [1.165, 1.54) is 31.2 Å². The summed E-state index contributed by atoms with van der Waals surface area (Å²) in [5.41, 5.74) is 3.39. The molecule has 2 aliphatic heterocycles. The average molecular weight is 347 g/mol. The molecule has 0 spiro atoms. The van der Waals surface area contributed by atoms with Gasteiger partial charge in [-0.05, 0) is 31.6 Å². The van der Waals surface area contributed by atoms with Crippen molar-refractivity contribution >= 4 is 5.91 Å². The first-order valence-corrected chi connectivity index (χ1v) is 10.0. The second-order valence-electron chi connectivity index (χ2n) is 8.07. The van der Waals surface area contributed by atoms with Crippen LogP contribution in [0.2, 0.25) is 0 Å². The monoisotopic (exact) mass is 347 g/mol. The minimum atomic E-state index is 0.197. The third-order valence-electron chi connectivity index (χ3n) is 6.45. The Bertz CT molecular complexity index is 813. The lowest BCUT2D eigenvalue weighted by Crippen LogP contribution is -2.42. The summed E-state index contributed by atoms with van der Waals surface area (Å²) in [7, 11) is 0. The Hall–Kier alpha value is -2.23. The maximum absolute atomic E-state index is 13.0. The van der Waals surface area contributed by atoms with Crippen molar-refractivity contribution in [1.29, 1.82) is 0 Å². The zero-order valence-corrected chi connectivity index (χ0v) is 15.1. The Morgan fingerprint density at radius 2 is 1.88 bits per heavy atom. The van der Waals surface area contributed by atoms with Gasteiger partial charge >= 0.3 is 0 Å². The third kappa shape index (κ3) is 2.72. The molecule has 1 aliphatic carbocycles. The number of hydrogen-bond donors (Lipinski definition) is 0. The van der Waals surface area contributed by atoms with E-state index in [9.17, 15) is 4.79 Å². The fourth-order valence-electron chi connectivity index (χ4n) is 5.15. The SMILES string of the molecule is O=C(CC1CCCC1)N1[C@H]2CC[C@@H]1c1cnc(-c3ccccc3)nc1C2. The van der Waals surface area contributed by atoms with Gasteiger partial charge in [-0.2, -0.15) is 0 Å². The molecule has 4 heteroatoms. The molecule has 2 atom stereocenters. The van der Waals surface area contributed by atoms with Crippen LogP contribution in [0.1, 0.15) is 62.2 Å². The maximum atomic E-state index is 13.0. The molecular formula is C22H25N3O. The average Bonchev–Trinajstić information content (AvgIpc) is 3.29. The van der Waals surface area contributed by atoms with Crippen LogP contribution in [-0.4, -0.2) is 26.8 Å². The smallest absolute Gasteiger partial charge is 0.223 e. The summed E-state index contributed by atoms with van der Waals surface area (Å²) >= 11 is 0. The van der Waals surface area contributed by atoms with E-state index in [0.717, 1.165) is 42.8 Å². The molecular weight excluding hydrogens is 322 g/mol. The van der Waals surface area contributed by atoms with Crippen LogP contribution in [0, 0.1) is 5.92 Å². The van der Waals surface area contributed by atoms with Crippen LogP contribution >= 0.6 is 0 Å². The van der Waals surface area contributed by atoms with Crippen LogP contribution in [0.15, 0.2) is 36.5 Å². The van der Waals surface area contributed by atoms with Gasteiger partial charge in [-0.1, -0.05) is 43.2 Å². The first-order valence-electron chi connectivity index (χ1n) is 10.0. The number of carbonyl (C=O) groups is 1. The van der Waals surface area contributed by atoms with E-state index in [-0.39, 0.29) is 6.04 Å². The number of carbonyl (C=O) groups excluding carboxylic acids is 1. The lowest BCUT2D eigenvalue weighted by Gasteiger charge is -2.36. The molecule has 1 saturated heterocycles. The van der Waals surface area contributed by atoms with E-state index in [4.69, 9.17) is 4.98 Å². The number of benzene rings is 1. The lowest BCUT2D eigenvalue weighted by atomic mass is 9.96. The number of aromatic nitrogens is 2. The molecule has 0 unspecified atom stereocenters. The van der Waals surface area contributed by atoms with Crippen LogP contribution in [0.4, 0.5) is 0 Å². The van der Waals surface area contributed by atoms with Crippen LogP contribution in [-0.2, 0) is 11.2 Å². The Balaban J connectivity index is 1.41. The van der Waals surface area contributed by atoms with E-state index < -0.39 is 0 Å². The summed E-state index contributed by atoms with van der Waals surface area (Å²) in [6, 6.07) is 10.7. The summed E-state index contributed by atoms with van der Waals surface area (Å²) in [5, 5.41) is 0. The Labute approximate surface area is 154 Å². The van der Waals surface area contributed by atoms with Crippen molar-refractivity contribution in [3.05, 3.63) is 47.8 Å². The van der Waals surface area contributed by atoms with E-state index in [1.54, 1.807) is 0 Å². The van der Waals surface area contributed by atoms with Gasteiger partial charge in [0.2, 0.25) is 5.91 Å². The van der Waals surface area contributed by atoms with E-state index in [0.29, 0.717) is 17.9 Å². The van der Waals surface area contributed by atoms with Crippen LogP contribution < -0.4 is 0 Å². The molecule has 3 heterocycles. The Kier molecular flexibility index (Phi) is 3.99. The second-order valence-corrected chi connectivity index (χ2v) is 8.07. The van der Waals surface area contributed by atoms with Crippen LogP contribution in [0.3, 0.4) is 0 Å². The highest BCUT2D eigenvalue weighted by Gasteiger charge is 2.43. The highest BCUT2D eigenvalue weighted by molar-refractivity contribution is 5.78. The van der Waals surface area contributed by atoms with Crippen molar-refractivity contribution in [2.75, 3.05) is 0 Å². The van der Waals surface area contributed by atoms with Gasteiger partial charge in [-0.15, -0.1) is 0 Å². The van der Waals surface area contributed by atoms with Crippen molar-refractivity contribution in [3.63, 3.8) is 0 Å². The van der Waals surface area contributed by atoms with Gasteiger partial charge in [0.05, 0.1) is 11.7 Å². The Morgan fingerprint density at radius 1 is 1.08 bits per heavy atom. The molecule has 1 aromatic carbocycles. The zero-order valence-electron chi connectivity index (χ0n) is 15.1. The molecule has 134 valence electrons. The molecule has 26 heavy (non-hydrogen) atoms. The summed E-state index contributed by atoms with van der Waals surface area (Å²) in [5.74, 6) is 1.77. The normalized spacial score (nSPS) is 24.7. The molecule has 1 aromatic heterocycles. The van der Waals surface area contributed by atoms with Gasteiger partial charge in [0, 0.05) is 36.2 Å². The van der Waals surface area contributed by atoms with Gasteiger partial charge < -0.3 is 4.90 Å². The summed E-state index contributed by atoms with van der Waals surface area (Å²) in [4.78, 5) is 24.7. The van der Waals surface area contributed by atoms with Gasteiger partial charge in [0.1, 0.15) is 0 Å². The second kappa shape index (κ2) is 6.49. The lowest BCUT2D eigenvalue weighted by molar-refractivity contribution is -0.135. The molecule has 0 N–H and O–H groups in total. The quantitative estimate of drug-likeness (QED) is 0.831. The first kappa shape index (κ1) is 16.0. The van der Waals surface area contributed by atoms with E-state index in [1.807, 2.05) is 24.4 Å². The molecule has 5 rings (SSSR count). The number of rotatable bonds is 3. The van der Waals surface area contributed by atoms with Crippen LogP contribution in [0.5, 0.6) is 0 Å². The topological polar surface area (TPSA) is 46.1 Å². The van der Waals surface area contributed by atoms with Gasteiger partial charge in [-0.25, -0.2) is 9.97 Å². The van der Waals surface area contributed by atoms with E-state index >= 15 is 0 Å². The predicted octanol–water partition coefficient (Wildman–Crippen LogP) is 4.31. The number of nitrogens with zero attached hydrogens (tertiary/aromatic N) is 3. The van der Waals surface area contributed by atoms with Crippen molar-refractivity contribution < 1.29 is 4.79 Å². The first-order chi connectivity index (χ1) is 12.8. The number of fused-ring (bicyclic) bond motifs is 4. The van der Waals surface area contributed by atoms with Crippen molar-refractivity contribution in [1.82, 2.24) is 14.9 Å². The van der Waals surface area contributed by atoms with Crippen molar-refractivity contribution in [2.45, 2.75) is 63.5 Å². The highest BCUT2D eigenvalue weighted by atomic mass is 16.2. The summed E-state index contributed by atoms with van der Waals surface area (Å²) in [6.45, 7) is 0. The largest absolute Gasteiger partial charge is 0.332 e. The number of amides is 1. The zero-order chi connectivity index (χ0) is 17.5. The van der Waals surface area contributed by atoms with Crippen LogP contribution in [0.25, 0.3) is 11.4 Å². The standard InChI is InChI=1S/C22H25N3O/c26-21(12-15-6-4-5-7-15)25-17-10-11-20(25)18-14-23-22(24-19(18)13-17)16-8-2-1-3-9-16/h1-3,8-9,14-15,17,20H,4-7,10-13H2/t17-,20+/m0/s1. The number of hydrogen-bond acceptors (Lipinski definition) is 3. The van der Waals surface area contributed by atoms with Gasteiger partial charge in [0.15, 0.2) is 5.82 Å². The Morgan fingerprint density at radius 3 is 2.69 bits per heavy atom. The fourth-order valence-corrected chi connectivity index (χ4v) is 5.15. The molecule has 2 aromatic rings. The van der Waals surface area contributed by atoms with Gasteiger partial charge in [0.25, 0.3) is 0 Å². The molecule has 3 aliphatic rings. The molecule has 2 bridgehead atoms. The summed E-state index contributed by atoms with van der Waals surface area (Å²) in [6.07, 6.45) is 10.8. The van der Waals surface area contributed by atoms with Crippen molar-refractivity contribution in [3.8, 4) is 11.4 Å². The maximum Gasteiger partial charge on any atom is 0.223 e. The minimum Gasteiger partial charge on any atom is -0.332 e. The highest BCUT2D eigenvalue weighted by Crippen LogP contribution is 2.44. The molecule has 1 amide bonds. The fraction of sp³-hybridized carbons (Fsp3) is 0.500. The molecule has 1 saturated carbocycles. The minimum absolute atomic E-state index is 0.197. The third-order valence-corrected chi connectivity index (χ3v) is 6.45.